The second-order valence-corrected chi connectivity index (χ2v) is 8.42. The van der Waals surface area contributed by atoms with Crippen molar-refractivity contribution in [3.8, 4) is 11.1 Å². The minimum absolute atomic E-state index is 0.00854. The van der Waals surface area contributed by atoms with E-state index in [-0.39, 0.29) is 23.4 Å². The zero-order valence-electron chi connectivity index (χ0n) is 17.5. The molecular formula is C25H19FN4O3. The normalized spacial score (nSPS) is 13.1. The van der Waals surface area contributed by atoms with Crippen molar-refractivity contribution in [2.24, 2.45) is 0 Å². The van der Waals surface area contributed by atoms with E-state index in [1.54, 1.807) is 29.0 Å². The molecule has 0 saturated heterocycles. The highest BCUT2D eigenvalue weighted by Crippen LogP contribution is 2.38. The molecule has 0 fully saturated rings. The van der Waals surface area contributed by atoms with E-state index < -0.39 is 11.8 Å². The quantitative estimate of drug-likeness (QED) is 0.387. The predicted molar refractivity (Wildman–Crippen MR) is 122 cm³/mol. The summed E-state index contributed by atoms with van der Waals surface area (Å²) in [6.45, 7) is 0.00854. The number of carbonyl (C=O) groups is 1. The highest BCUT2D eigenvalue weighted by Gasteiger charge is 2.27. The first-order chi connectivity index (χ1) is 16.0. The molecule has 2 aromatic carbocycles. The second kappa shape index (κ2) is 7.16. The number of nitrogens with zero attached hydrogens (tertiary/aromatic N) is 2. The lowest BCUT2D eigenvalue weighted by Crippen LogP contribution is -2.14. The number of carboxylic acids is 1. The van der Waals surface area contributed by atoms with Gasteiger partial charge in [-0.25, -0.2) is 9.18 Å². The molecule has 0 unspecified atom stereocenters. The van der Waals surface area contributed by atoms with Gasteiger partial charge in [-0.05, 0) is 66.8 Å². The molecule has 0 aliphatic heterocycles. The molecule has 0 radical (unpaired) electrons. The fraction of sp³-hybridized carbons (Fsp3) is 0.160. The molecular weight excluding hydrogens is 423 g/mol. The summed E-state index contributed by atoms with van der Waals surface area (Å²) in [7, 11) is 0. The average molecular weight is 442 g/mol. The van der Waals surface area contributed by atoms with E-state index >= 15 is 0 Å². The van der Waals surface area contributed by atoms with E-state index in [0.717, 1.165) is 35.8 Å². The number of aromatic nitrogens is 4. The maximum absolute atomic E-state index is 15.0. The van der Waals surface area contributed by atoms with Crippen LogP contribution in [0.5, 0.6) is 0 Å². The van der Waals surface area contributed by atoms with E-state index in [0.29, 0.717) is 27.5 Å². The molecule has 0 bridgehead atoms. The highest BCUT2D eigenvalue weighted by molar-refractivity contribution is 6.08. The molecule has 33 heavy (non-hydrogen) atoms. The summed E-state index contributed by atoms with van der Waals surface area (Å²) in [5.41, 5.74) is 4.16. The van der Waals surface area contributed by atoms with Gasteiger partial charge in [-0.1, -0.05) is 0 Å². The number of hydrogen-bond acceptors (Lipinski definition) is 3. The number of halogens is 1. The SMILES string of the molecule is O=C(O)c1c(-c2ccc[nH]c2=O)c2cc3c(cc2n1Cc1cc2cn[nH]c2cc1F)CCC3. The van der Waals surface area contributed by atoms with Gasteiger partial charge in [0.05, 0.1) is 18.3 Å². The number of aryl methyl sites for hydroxylation is 2. The second-order valence-electron chi connectivity index (χ2n) is 8.42. The lowest BCUT2D eigenvalue weighted by atomic mass is 10.00. The molecule has 0 saturated carbocycles. The molecule has 1 aliphatic rings. The molecule has 7 nitrogen and oxygen atoms in total. The largest absolute Gasteiger partial charge is 0.477 e. The first-order valence-corrected chi connectivity index (χ1v) is 10.7. The lowest BCUT2D eigenvalue weighted by Gasteiger charge is -2.11. The Morgan fingerprint density at radius 3 is 2.79 bits per heavy atom. The number of aromatic amines is 2. The number of H-pyrrole nitrogens is 2. The molecule has 0 amide bonds. The summed E-state index contributed by atoms with van der Waals surface area (Å²) in [6.07, 6.45) is 5.97. The molecule has 8 heteroatoms. The minimum atomic E-state index is -1.17. The molecule has 0 spiro atoms. The third-order valence-corrected chi connectivity index (χ3v) is 6.50. The Morgan fingerprint density at radius 2 is 2.00 bits per heavy atom. The summed E-state index contributed by atoms with van der Waals surface area (Å²) >= 11 is 0. The molecule has 3 aromatic heterocycles. The van der Waals surface area contributed by atoms with Crippen molar-refractivity contribution in [1.82, 2.24) is 19.7 Å². The topological polar surface area (TPSA) is 104 Å². The first-order valence-electron chi connectivity index (χ1n) is 10.7. The van der Waals surface area contributed by atoms with Crippen LogP contribution < -0.4 is 5.56 Å². The number of benzene rings is 2. The number of hydrogen-bond donors (Lipinski definition) is 3. The van der Waals surface area contributed by atoms with Crippen LogP contribution in [0.3, 0.4) is 0 Å². The van der Waals surface area contributed by atoms with Gasteiger partial charge in [0.1, 0.15) is 11.5 Å². The number of rotatable bonds is 4. The Kier molecular flexibility index (Phi) is 4.23. The van der Waals surface area contributed by atoms with Crippen LogP contribution in [-0.4, -0.2) is 30.8 Å². The number of fused-ring (bicyclic) bond motifs is 3. The lowest BCUT2D eigenvalue weighted by molar-refractivity contribution is 0.0687. The first kappa shape index (κ1) is 19.5. The van der Waals surface area contributed by atoms with Crippen molar-refractivity contribution in [3.05, 3.63) is 87.3 Å². The van der Waals surface area contributed by atoms with Crippen molar-refractivity contribution < 1.29 is 14.3 Å². The fourth-order valence-electron chi connectivity index (χ4n) is 5.00. The predicted octanol–water partition coefficient (Wildman–Crippen LogP) is 4.25. The molecule has 0 atom stereocenters. The van der Waals surface area contributed by atoms with Crippen LogP contribution in [0, 0.1) is 5.82 Å². The van der Waals surface area contributed by atoms with Crippen molar-refractivity contribution in [3.63, 3.8) is 0 Å². The fourth-order valence-corrected chi connectivity index (χ4v) is 5.00. The van der Waals surface area contributed by atoms with Gasteiger partial charge in [0, 0.05) is 39.2 Å². The summed E-state index contributed by atoms with van der Waals surface area (Å²) in [5, 5.41) is 18.4. The van der Waals surface area contributed by atoms with E-state index in [9.17, 15) is 19.1 Å². The van der Waals surface area contributed by atoms with E-state index in [2.05, 4.69) is 15.2 Å². The van der Waals surface area contributed by atoms with Crippen molar-refractivity contribution in [1.29, 1.82) is 0 Å². The van der Waals surface area contributed by atoms with Gasteiger partial charge in [0.25, 0.3) is 5.56 Å². The summed E-state index contributed by atoms with van der Waals surface area (Å²) < 4.78 is 16.6. The van der Waals surface area contributed by atoms with Crippen LogP contribution in [0.1, 0.15) is 33.6 Å². The number of aromatic carboxylic acids is 1. The maximum Gasteiger partial charge on any atom is 0.353 e. The molecule has 3 N–H and O–H groups in total. The summed E-state index contributed by atoms with van der Waals surface area (Å²) in [5.74, 6) is -1.63. The third-order valence-electron chi connectivity index (χ3n) is 6.50. The molecule has 3 heterocycles. The highest BCUT2D eigenvalue weighted by atomic mass is 19.1. The van der Waals surface area contributed by atoms with E-state index in [4.69, 9.17) is 0 Å². The van der Waals surface area contributed by atoms with Crippen molar-refractivity contribution in [2.45, 2.75) is 25.8 Å². The number of carboxylic acid groups (broad SMARTS) is 1. The Morgan fingerprint density at radius 1 is 1.18 bits per heavy atom. The Bertz CT molecular complexity index is 1640. The third kappa shape index (κ3) is 2.98. The van der Waals surface area contributed by atoms with Gasteiger partial charge >= 0.3 is 5.97 Å². The summed E-state index contributed by atoms with van der Waals surface area (Å²) in [4.78, 5) is 27.9. The molecule has 5 aromatic rings. The van der Waals surface area contributed by atoms with Crippen LogP contribution in [-0.2, 0) is 19.4 Å². The summed E-state index contributed by atoms with van der Waals surface area (Å²) in [6, 6.07) is 10.3. The number of pyridine rings is 1. The molecule has 6 rings (SSSR count). The average Bonchev–Trinajstić information content (AvgIpc) is 3.50. The maximum atomic E-state index is 15.0. The van der Waals surface area contributed by atoms with Gasteiger partial charge in [0.15, 0.2) is 0 Å². The van der Waals surface area contributed by atoms with Crippen molar-refractivity contribution in [2.75, 3.05) is 0 Å². The Hall–Kier alpha value is -4.20. The Balaban J connectivity index is 1.67. The van der Waals surface area contributed by atoms with Gasteiger partial charge in [-0.3, -0.25) is 9.89 Å². The van der Waals surface area contributed by atoms with Crippen LogP contribution in [0.25, 0.3) is 32.9 Å². The van der Waals surface area contributed by atoms with Crippen LogP contribution in [0.2, 0.25) is 0 Å². The van der Waals surface area contributed by atoms with Crippen LogP contribution in [0.4, 0.5) is 4.39 Å². The monoisotopic (exact) mass is 442 g/mol. The van der Waals surface area contributed by atoms with Gasteiger partial charge in [-0.15, -0.1) is 0 Å². The number of nitrogens with one attached hydrogen (secondary N) is 2. The standard InChI is InChI=1S/C25H19FN4O3/c26-19-10-20-15(11-28-29-20)7-16(19)12-30-21-9-14-4-1-3-13(14)8-18(21)22(23(30)25(32)33)17-5-2-6-27-24(17)31/h2,5-11H,1,3-4,12H2,(H,27,31)(H,28,29)(H,32,33). The molecule has 164 valence electrons. The van der Waals surface area contributed by atoms with Crippen LogP contribution >= 0.6 is 0 Å². The van der Waals surface area contributed by atoms with E-state index in [1.807, 2.05) is 12.1 Å². The zero-order valence-corrected chi connectivity index (χ0v) is 17.5. The van der Waals surface area contributed by atoms with Crippen molar-refractivity contribution >= 4 is 27.8 Å². The smallest absolute Gasteiger partial charge is 0.353 e. The van der Waals surface area contributed by atoms with E-state index in [1.165, 1.54) is 12.3 Å². The minimum Gasteiger partial charge on any atom is -0.477 e. The Labute approximate surface area is 186 Å². The van der Waals surface area contributed by atoms with Gasteiger partial charge in [0.2, 0.25) is 0 Å². The van der Waals surface area contributed by atoms with Gasteiger partial charge < -0.3 is 14.7 Å². The van der Waals surface area contributed by atoms with Crippen LogP contribution in [0.15, 0.2) is 53.6 Å². The van der Waals surface area contributed by atoms with Gasteiger partial charge in [-0.2, -0.15) is 5.10 Å². The zero-order chi connectivity index (χ0) is 22.7. The molecule has 1 aliphatic carbocycles.